The van der Waals surface area contributed by atoms with Crippen LogP contribution in [-0.2, 0) is 6.54 Å². The topological polar surface area (TPSA) is 17.8 Å². The lowest BCUT2D eigenvalue weighted by molar-refractivity contribution is 0.665. The molecule has 0 bridgehead atoms. The standard InChI is InChI=1S/C13H17ClN2S/c1-9(17-3)8-16-12-7-5-4-6-11(12)15-13(16)10(2)14/h4-7,9-10H,8H2,1-3H3. The minimum absolute atomic E-state index is 0.0588. The van der Waals surface area contributed by atoms with Gasteiger partial charge in [0.05, 0.1) is 16.4 Å². The van der Waals surface area contributed by atoms with Gasteiger partial charge in [0.25, 0.3) is 0 Å². The van der Waals surface area contributed by atoms with Crippen molar-refractivity contribution in [1.29, 1.82) is 0 Å². The Morgan fingerprint density at radius 3 is 2.71 bits per heavy atom. The minimum Gasteiger partial charge on any atom is -0.326 e. The van der Waals surface area contributed by atoms with Crippen LogP contribution >= 0.6 is 23.4 Å². The second kappa shape index (κ2) is 5.32. The van der Waals surface area contributed by atoms with Crippen molar-refractivity contribution in [1.82, 2.24) is 9.55 Å². The zero-order valence-electron chi connectivity index (χ0n) is 10.4. The van der Waals surface area contributed by atoms with Gasteiger partial charge in [-0.15, -0.1) is 11.6 Å². The van der Waals surface area contributed by atoms with Gasteiger partial charge < -0.3 is 4.57 Å². The summed E-state index contributed by atoms with van der Waals surface area (Å²) in [5.74, 6) is 0.966. The van der Waals surface area contributed by atoms with Crippen LogP contribution in [0.3, 0.4) is 0 Å². The van der Waals surface area contributed by atoms with Crippen LogP contribution < -0.4 is 0 Å². The van der Waals surface area contributed by atoms with Crippen LogP contribution in [0, 0.1) is 0 Å². The summed E-state index contributed by atoms with van der Waals surface area (Å²) in [6.07, 6.45) is 2.13. The van der Waals surface area contributed by atoms with E-state index in [0.717, 1.165) is 17.9 Å². The predicted molar refractivity (Wildman–Crippen MR) is 77.0 cm³/mol. The van der Waals surface area contributed by atoms with Crippen molar-refractivity contribution in [2.75, 3.05) is 6.26 Å². The smallest absolute Gasteiger partial charge is 0.127 e. The molecule has 1 heterocycles. The lowest BCUT2D eigenvalue weighted by atomic mass is 10.3. The SMILES string of the molecule is CSC(C)Cn1c(C(C)Cl)nc2ccccc21. The number of hydrogen-bond acceptors (Lipinski definition) is 2. The Hall–Kier alpha value is -0.670. The van der Waals surface area contributed by atoms with E-state index in [1.807, 2.05) is 36.9 Å². The molecule has 2 nitrogen and oxygen atoms in total. The monoisotopic (exact) mass is 268 g/mol. The van der Waals surface area contributed by atoms with E-state index in [1.165, 1.54) is 5.52 Å². The average molecular weight is 269 g/mol. The molecule has 0 amide bonds. The number of para-hydroxylation sites is 2. The van der Waals surface area contributed by atoms with Crippen LogP contribution in [0.5, 0.6) is 0 Å². The highest BCUT2D eigenvalue weighted by molar-refractivity contribution is 7.99. The molecule has 0 spiro atoms. The molecular weight excluding hydrogens is 252 g/mol. The van der Waals surface area contributed by atoms with Gasteiger partial charge in [0.15, 0.2) is 0 Å². The molecule has 0 N–H and O–H groups in total. The highest BCUT2D eigenvalue weighted by Crippen LogP contribution is 2.25. The lowest BCUT2D eigenvalue weighted by Crippen LogP contribution is -2.12. The maximum atomic E-state index is 6.22. The van der Waals surface area contributed by atoms with Crippen LogP contribution in [0.2, 0.25) is 0 Å². The first-order valence-electron chi connectivity index (χ1n) is 5.75. The molecule has 2 aromatic rings. The molecule has 0 fully saturated rings. The first kappa shape index (κ1) is 12.8. The molecule has 17 heavy (non-hydrogen) atoms. The number of rotatable bonds is 4. The number of halogens is 1. The summed E-state index contributed by atoms with van der Waals surface area (Å²) in [5.41, 5.74) is 2.21. The van der Waals surface area contributed by atoms with Crippen molar-refractivity contribution >= 4 is 34.4 Å². The Kier molecular flexibility index (Phi) is 4.00. The maximum absolute atomic E-state index is 6.22. The lowest BCUT2D eigenvalue weighted by Gasteiger charge is -2.14. The summed E-state index contributed by atoms with van der Waals surface area (Å²) in [7, 11) is 0. The number of aromatic nitrogens is 2. The molecule has 92 valence electrons. The molecule has 0 saturated carbocycles. The van der Waals surface area contributed by atoms with E-state index in [9.17, 15) is 0 Å². The van der Waals surface area contributed by atoms with Gasteiger partial charge in [-0.05, 0) is 25.3 Å². The van der Waals surface area contributed by atoms with Gasteiger partial charge in [0, 0.05) is 11.8 Å². The Labute approximate surface area is 111 Å². The number of nitrogens with zero attached hydrogens (tertiary/aromatic N) is 2. The summed E-state index contributed by atoms with van der Waals surface area (Å²) in [6.45, 7) is 5.15. The number of hydrogen-bond donors (Lipinski definition) is 0. The third-order valence-corrected chi connectivity index (χ3v) is 4.03. The molecule has 1 aromatic heterocycles. The van der Waals surface area contributed by atoms with Gasteiger partial charge in [0.1, 0.15) is 5.82 Å². The second-order valence-corrected chi connectivity index (χ2v) is 6.16. The molecule has 0 aliphatic heterocycles. The molecule has 0 aliphatic carbocycles. The van der Waals surface area contributed by atoms with E-state index in [1.54, 1.807) is 0 Å². The molecule has 2 unspecified atom stereocenters. The van der Waals surface area contributed by atoms with Crippen molar-refractivity contribution in [3.8, 4) is 0 Å². The highest BCUT2D eigenvalue weighted by atomic mass is 35.5. The van der Waals surface area contributed by atoms with Gasteiger partial charge in [-0.3, -0.25) is 0 Å². The summed E-state index contributed by atoms with van der Waals surface area (Å²) in [4.78, 5) is 4.62. The molecule has 2 rings (SSSR count). The number of fused-ring (bicyclic) bond motifs is 1. The van der Waals surface area contributed by atoms with E-state index >= 15 is 0 Å². The summed E-state index contributed by atoms with van der Waals surface area (Å²) >= 11 is 8.08. The van der Waals surface area contributed by atoms with Crippen LogP contribution in [0.15, 0.2) is 24.3 Å². The Balaban J connectivity index is 2.52. The Bertz CT molecular complexity index is 507. The molecule has 0 radical (unpaired) electrons. The predicted octanol–water partition coefficient (Wildman–Crippen LogP) is 4.09. The van der Waals surface area contributed by atoms with Gasteiger partial charge in [0.2, 0.25) is 0 Å². The number of benzene rings is 1. The number of alkyl halides is 1. The summed E-state index contributed by atoms with van der Waals surface area (Å²) in [5, 5.41) is 0.498. The fourth-order valence-electron chi connectivity index (χ4n) is 1.92. The molecule has 2 atom stereocenters. The third-order valence-electron chi connectivity index (χ3n) is 2.88. The van der Waals surface area contributed by atoms with Crippen LogP contribution in [0.1, 0.15) is 25.0 Å². The van der Waals surface area contributed by atoms with E-state index in [-0.39, 0.29) is 5.38 Å². The van der Waals surface area contributed by atoms with Crippen LogP contribution in [0.25, 0.3) is 11.0 Å². The first-order chi connectivity index (χ1) is 8.13. The van der Waals surface area contributed by atoms with Crippen LogP contribution in [-0.4, -0.2) is 21.1 Å². The Morgan fingerprint density at radius 2 is 2.06 bits per heavy atom. The Morgan fingerprint density at radius 1 is 1.35 bits per heavy atom. The van der Waals surface area contributed by atoms with Gasteiger partial charge in [-0.1, -0.05) is 19.1 Å². The zero-order valence-corrected chi connectivity index (χ0v) is 11.9. The van der Waals surface area contributed by atoms with E-state index in [4.69, 9.17) is 11.6 Å². The maximum Gasteiger partial charge on any atom is 0.127 e. The van der Waals surface area contributed by atoms with Crippen molar-refractivity contribution in [2.24, 2.45) is 0 Å². The largest absolute Gasteiger partial charge is 0.326 e. The fraction of sp³-hybridized carbons (Fsp3) is 0.462. The summed E-state index contributed by atoms with van der Waals surface area (Å²) < 4.78 is 2.24. The van der Waals surface area contributed by atoms with Gasteiger partial charge >= 0.3 is 0 Å². The molecule has 0 aliphatic rings. The molecule has 4 heteroatoms. The van der Waals surface area contributed by atoms with Crippen molar-refractivity contribution in [3.63, 3.8) is 0 Å². The zero-order chi connectivity index (χ0) is 12.4. The quantitative estimate of drug-likeness (QED) is 0.778. The average Bonchev–Trinajstić information content (AvgIpc) is 2.68. The third kappa shape index (κ3) is 2.61. The van der Waals surface area contributed by atoms with E-state index < -0.39 is 0 Å². The van der Waals surface area contributed by atoms with Crippen molar-refractivity contribution in [3.05, 3.63) is 30.1 Å². The number of thioether (sulfide) groups is 1. The molecule has 0 saturated heterocycles. The van der Waals surface area contributed by atoms with E-state index in [2.05, 4.69) is 28.8 Å². The fourth-order valence-corrected chi connectivity index (χ4v) is 2.39. The van der Waals surface area contributed by atoms with Crippen molar-refractivity contribution < 1.29 is 0 Å². The highest BCUT2D eigenvalue weighted by Gasteiger charge is 2.15. The van der Waals surface area contributed by atoms with Crippen molar-refractivity contribution in [2.45, 2.75) is 31.0 Å². The normalized spacial score (nSPS) is 15.1. The first-order valence-corrected chi connectivity index (χ1v) is 7.48. The van der Waals surface area contributed by atoms with Crippen LogP contribution in [0.4, 0.5) is 0 Å². The van der Waals surface area contributed by atoms with E-state index in [0.29, 0.717) is 5.25 Å². The minimum atomic E-state index is -0.0588. The number of imidazole rings is 1. The summed E-state index contributed by atoms with van der Waals surface area (Å²) in [6, 6.07) is 8.21. The second-order valence-electron chi connectivity index (χ2n) is 4.23. The van der Waals surface area contributed by atoms with Gasteiger partial charge in [-0.2, -0.15) is 11.8 Å². The molecular formula is C13H17ClN2S. The molecule has 1 aromatic carbocycles. The van der Waals surface area contributed by atoms with Gasteiger partial charge in [-0.25, -0.2) is 4.98 Å².